The van der Waals surface area contributed by atoms with Gasteiger partial charge in [-0.2, -0.15) is 0 Å². The number of unbranched alkanes of at least 4 members (excludes halogenated alkanes) is 13. The van der Waals surface area contributed by atoms with Crippen molar-refractivity contribution in [2.45, 2.75) is 149 Å². The van der Waals surface area contributed by atoms with Crippen molar-refractivity contribution in [1.82, 2.24) is 0 Å². The lowest BCUT2D eigenvalue weighted by molar-refractivity contribution is -0.0697. The number of hydrogen-bond acceptors (Lipinski definition) is 2. The van der Waals surface area contributed by atoms with Crippen LogP contribution in [0, 0.1) is 0 Å². The van der Waals surface area contributed by atoms with Gasteiger partial charge in [0.15, 0.2) is 0 Å². The van der Waals surface area contributed by atoms with Crippen molar-refractivity contribution in [3.63, 3.8) is 0 Å². The summed E-state index contributed by atoms with van der Waals surface area (Å²) in [5.41, 5.74) is 0. The molecule has 27 heavy (non-hydrogen) atoms. The fourth-order valence-corrected chi connectivity index (χ4v) is 3.64. The van der Waals surface area contributed by atoms with Gasteiger partial charge in [0.05, 0.1) is 12.2 Å². The molecule has 2 atom stereocenters. The van der Waals surface area contributed by atoms with Crippen LogP contribution in [0.15, 0.2) is 0 Å². The minimum absolute atomic E-state index is 0.235. The molecule has 0 heterocycles. The molecule has 0 rings (SSSR count). The SMILES string of the molecule is CCCCCCCCCCOC(CCCCCCCCC)C(C)OCCC. The highest BCUT2D eigenvalue weighted by molar-refractivity contribution is 4.67. The van der Waals surface area contributed by atoms with Gasteiger partial charge >= 0.3 is 0 Å². The van der Waals surface area contributed by atoms with E-state index in [0.717, 1.165) is 26.1 Å². The van der Waals surface area contributed by atoms with Crippen molar-refractivity contribution in [2.24, 2.45) is 0 Å². The van der Waals surface area contributed by atoms with E-state index in [2.05, 4.69) is 27.7 Å². The Balaban J connectivity index is 3.82. The molecule has 164 valence electrons. The molecule has 0 saturated carbocycles. The monoisotopic (exact) mass is 384 g/mol. The summed E-state index contributed by atoms with van der Waals surface area (Å²) in [6, 6.07) is 0. The van der Waals surface area contributed by atoms with Gasteiger partial charge in [0.25, 0.3) is 0 Å². The summed E-state index contributed by atoms with van der Waals surface area (Å²) in [4.78, 5) is 0. The Morgan fingerprint density at radius 2 is 0.963 bits per heavy atom. The summed E-state index contributed by atoms with van der Waals surface area (Å²) in [7, 11) is 0. The lowest BCUT2D eigenvalue weighted by atomic mass is 10.0. The molecule has 2 unspecified atom stereocenters. The molecular weight excluding hydrogens is 332 g/mol. The van der Waals surface area contributed by atoms with Crippen molar-refractivity contribution in [3.05, 3.63) is 0 Å². The first-order valence-corrected chi connectivity index (χ1v) is 12.5. The van der Waals surface area contributed by atoms with Gasteiger partial charge < -0.3 is 9.47 Å². The molecule has 0 bridgehead atoms. The first kappa shape index (κ1) is 26.9. The predicted molar refractivity (Wildman–Crippen MR) is 121 cm³/mol. The maximum absolute atomic E-state index is 6.27. The Morgan fingerprint density at radius 1 is 0.481 bits per heavy atom. The van der Waals surface area contributed by atoms with E-state index in [9.17, 15) is 0 Å². The zero-order valence-electron chi connectivity index (χ0n) is 19.4. The molecule has 0 amide bonds. The first-order valence-electron chi connectivity index (χ1n) is 12.5. The maximum atomic E-state index is 6.27. The summed E-state index contributed by atoms with van der Waals surface area (Å²) in [6.07, 6.45) is 23.2. The first-order chi connectivity index (χ1) is 13.3. The van der Waals surface area contributed by atoms with Crippen LogP contribution in [-0.2, 0) is 9.47 Å². The van der Waals surface area contributed by atoms with Gasteiger partial charge in [-0.05, 0) is 26.2 Å². The van der Waals surface area contributed by atoms with Crippen molar-refractivity contribution < 1.29 is 9.47 Å². The topological polar surface area (TPSA) is 18.5 Å². The Morgan fingerprint density at radius 3 is 1.48 bits per heavy atom. The normalized spacial score (nSPS) is 13.8. The van der Waals surface area contributed by atoms with Crippen molar-refractivity contribution in [2.75, 3.05) is 13.2 Å². The largest absolute Gasteiger partial charge is 0.376 e. The summed E-state index contributed by atoms with van der Waals surface area (Å²) in [6.45, 7) is 10.7. The average molecular weight is 385 g/mol. The zero-order valence-corrected chi connectivity index (χ0v) is 19.4. The molecule has 0 radical (unpaired) electrons. The summed E-state index contributed by atoms with van der Waals surface area (Å²) < 4.78 is 12.2. The quantitative estimate of drug-likeness (QED) is 0.174. The van der Waals surface area contributed by atoms with E-state index in [-0.39, 0.29) is 12.2 Å². The van der Waals surface area contributed by atoms with Crippen LogP contribution in [0.25, 0.3) is 0 Å². The van der Waals surface area contributed by atoms with Gasteiger partial charge in [-0.25, -0.2) is 0 Å². The van der Waals surface area contributed by atoms with Gasteiger partial charge in [0.2, 0.25) is 0 Å². The van der Waals surface area contributed by atoms with E-state index in [1.165, 1.54) is 96.3 Å². The molecule has 2 heteroatoms. The van der Waals surface area contributed by atoms with Gasteiger partial charge in [0.1, 0.15) is 0 Å². The average Bonchev–Trinajstić information content (AvgIpc) is 2.68. The second-order valence-corrected chi connectivity index (χ2v) is 8.37. The molecule has 0 N–H and O–H groups in total. The maximum Gasteiger partial charge on any atom is 0.0833 e. The standard InChI is InChI=1S/C25H52O2/c1-5-8-10-12-14-16-18-20-23-27-25(24(4)26-22-7-3)21-19-17-15-13-11-9-6-2/h24-25H,5-23H2,1-4H3. The van der Waals surface area contributed by atoms with E-state index < -0.39 is 0 Å². The summed E-state index contributed by atoms with van der Waals surface area (Å²) in [5, 5.41) is 0. The third-order valence-corrected chi connectivity index (χ3v) is 5.53. The van der Waals surface area contributed by atoms with E-state index in [1.807, 2.05) is 0 Å². The van der Waals surface area contributed by atoms with Crippen LogP contribution in [0.4, 0.5) is 0 Å². The highest BCUT2D eigenvalue weighted by atomic mass is 16.5. The fraction of sp³-hybridized carbons (Fsp3) is 1.00. The van der Waals surface area contributed by atoms with Crippen LogP contribution >= 0.6 is 0 Å². The second kappa shape index (κ2) is 22.2. The van der Waals surface area contributed by atoms with Gasteiger partial charge in [-0.3, -0.25) is 0 Å². The molecule has 0 aromatic carbocycles. The van der Waals surface area contributed by atoms with Crippen molar-refractivity contribution >= 4 is 0 Å². The van der Waals surface area contributed by atoms with Crippen LogP contribution < -0.4 is 0 Å². The minimum Gasteiger partial charge on any atom is -0.376 e. The molecule has 2 nitrogen and oxygen atoms in total. The number of hydrogen-bond donors (Lipinski definition) is 0. The van der Waals surface area contributed by atoms with Gasteiger partial charge in [0, 0.05) is 13.2 Å². The molecule has 0 aliphatic rings. The lowest BCUT2D eigenvalue weighted by Crippen LogP contribution is -2.30. The molecule has 0 aromatic heterocycles. The molecule has 0 saturated heterocycles. The minimum atomic E-state index is 0.235. The summed E-state index contributed by atoms with van der Waals surface area (Å²) in [5.74, 6) is 0. The molecule has 0 aliphatic carbocycles. The summed E-state index contributed by atoms with van der Waals surface area (Å²) >= 11 is 0. The van der Waals surface area contributed by atoms with Gasteiger partial charge in [-0.15, -0.1) is 0 Å². The Bertz CT molecular complexity index is 267. The third-order valence-electron chi connectivity index (χ3n) is 5.53. The van der Waals surface area contributed by atoms with E-state index in [0.29, 0.717) is 0 Å². The van der Waals surface area contributed by atoms with Crippen LogP contribution in [0.2, 0.25) is 0 Å². The smallest absolute Gasteiger partial charge is 0.0833 e. The van der Waals surface area contributed by atoms with Crippen molar-refractivity contribution in [3.8, 4) is 0 Å². The molecule has 0 fully saturated rings. The number of rotatable bonds is 22. The number of ether oxygens (including phenoxy) is 2. The second-order valence-electron chi connectivity index (χ2n) is 8.37. The van der Waals surface area contributed by atoms with Crippen molar-refractivity contribution in [1.29, 1.82) is 0 Å². The highest BCUT2D eigenvalue weighted by Crippen LogP contribution is 2.16. The molecular formula is C25H52O2. The molecule has 0 aliphatic heterocycles. The van der Waals surface area contributed by atoms with Crippen LogP contribution in [0.1, 0.15) is 137 Å². The van der Waals surface area contributed by atoms with Crippen LogP contribution in [0.3, 0.4) is 0 Å². The van der Waals surface area contributed by atoms with E-state index in [4.69, 9.17) is 9.47 Å². The molecule has 0 spiro atoms. The Kier molecular flexibility index (Phi) is 22.1. The van der Waals surface area contributed by atoms with E-state index in [1.54, 1.807) is 0 Å². The van der Waals surface area contributed by atoms with E-state index >= 15 is 0 Å². The van der Waals surface area contributed by atoms with Crippen LogP contribution in [-0.4, -0.2) is 25.4 Å². The zero-order chi connectivity index (χ0) is 20.0. The lowest BCUT2D eigenvalue weighted by Gasteiger charge is -2.25. The Labute approximate surface area is 172 Å². The van der Waals surface area contributed by atoms with Gasteiger partial charge in [-0.1, -0.05) is 111 Å². The third kappa shape index (κ3) is 19.0. The fourth-order valence-electron chi connectivity index (χ4n) is 3.64. The highest BCUT2D eigenvalue weighted by Gasteiger charge is 2.18. The predicted octanol–water partition coefficient (Wildman–Crippen LogP) is 8.47. The Hall–Kier alpha value is -0.0800. The van der Waals surface area contributed by atoms with Crippen LogP contribution in [0.5, 0.6) is 0 Å². The molecule has 0 aromatic rings.